The summed E-state index contributed by atoms with van der Waals surface area (Å²) in [5.74, 6) is 0.529. The van der Waals surface area contributed by atoms with Gasteiger partial charge in [-0.3, -0.25) is 0 Å². The summed E-state index contributed by atoms with van der Waals surface area (Å²) in [5, 5.41) is 0. The molecule has 1 N–H and O–H groups in total. The van der Waals surface area contributed by atoms with Gasteiger partial charge in [-0.25, -0.2) is 0 Å². The Hall–Kier alpha value is 0.890. The van der Waals surface area contributed by atoms with E-state index in [2.05, 4.69) is 40.0 Å². The van der Waals surface area contributed by atoms with Gasteiger partial charge in [0.05, 0.1) is 0 Å². The van der Waals surface area contributed by atoms with Gasteiger partial charge in [0.25, 0.3) is 0 Å². The molecule has 2 fully saturated rings. The molecule has 1 aliphatic carbocycles. The molecule has 0 radical (unpaired) electrons. The zero-order valence-corrected chi connectivity index (χ0v) is 14.7. The average Bonchev–Trinajstić information content (AvgIpc) is 3.12. The molecule has 1 heterocycles. The van der Waals surface area contributed by atoms with Gasteiger partial charge in [-0.1, -0.05) is 0 Å². The van der Waals surface area contributed by atoms with Gasteiger partial charge in [-0.15, -0.1) is 0 Å². The molecular formula is C12H20I2NO2-. The van der Waals surface area contributed by atoms with Crippen molar-refractivity contribution in [2.45, 2.75) is 59.5 Å². The maximum absolute atomic E-state index is 12.0. The Morgan fingerprint density at radius 2 is 2.00 bits per heavy atom. The Kier molecular flexibility index (Phi) is 4.96. The van der Waals surface area contributed by atoms with E-state index in [1.807, 2.05) is 0 Å². The number of carbonyl (C=O) groups excluding carboxylic acids is 1. The third-order valence-corrected chi connectivity index (χ3v) is 8.33. The molecule has 0 spiro atoms. The van der Waals surface area contributed by atoms with Gasteiger partial charge in [0, 0.05) is 0 Å². The molecule has 2 rings (SSSR count). The number of carbonyl (C=O) groups is 1. The first kappa shape index (κ1) is 14.3. The summed E-state index contributed by atoms with van der Waals surface area (Å²) < 4.78 is 9.52. The van der Waals surface area contributed by atoms with Crippen molar-refractivity contribution in [2.24, 2.45) is 5.92 Å². The second kappa shape index (κ2) is 5.90. The molecular weight excluding hydrogens is 444 g/mol. The van der Waals surface area contributed by atoms with Crippen LogP contribution in [0, 0.1) is 5.92 Å². The predicted octanol–water partition coefficient (Wildman–Crippen LogP) is -0.375. The van der Waals surface area contributed by atoms with Gasteiger partial charge in [0.2, 0.25) is 0 Å². The third-order valence-electron chi connectivity index (χ3n) is 3.67. The summed E-state index contributed by atoms with van der Waals surface area (Å²) in [7, 11) is 0. The maximum atomic E-state index is 12.0. The van der Waals surface area contributed by atoms with Crippen molar-refractivity contribution < 1.29 is 31.0 Å². The van der Waals surface area contributed by atoms with E-state index in [0.29, 0.717) is 9.97 Å². The van der Waals surface area contributed by atoms with Crippen LogP contribution in [0.1, 0.15) is 46.0 Å². The van der Waals surface area contributed by atoms with Gasteiger partial charge in [-0.05, 0) is 0 Å². The quantitative estimate of drug-likeness (QED) is 0.154. The van der Waals surface area contributed by atoms with E-state index < -0.39 is 0 Å². The fraction of sp³-hybridized carbons (Fsp3) is 0.917. The first-order chi connectivity index (χ1) is 8.00. The van der Waals surface area contributed by atoms with Gasteiger partial charge in [0.1, 0.15) is 0 Å². The van der Waals surface area contributed by atoms with E-state index in [1.54, 1.807) is 0 Å². The van der Waals surface area contributed by atoms with Crippen LogP contribution < -0.4 is 25.0 Å². The summed E-state index contributed by atoms with van der Waals surface area (Å²) >= 11 is 2.31. The van der Waals surface area contributed by atoms with Crippen molar-refractivity contribution in [3.05, 3.63) is 0 Å². The van der Waals surface area contributed by atoms with Crippen molar-refractivity contribution in [1.29, 1.82) is 0 Å². The number of esters is 1. The van der Waals surface area contributed by atoms with E-state index >= 15 is 0 Å². The molecule has 0 bridgehead atoms. The molecule has 1 saturated heterocycles. The Balaban J connectivity index is 1.88. The monoisotopic (exact) mass is 464 g/mol. The summed E-state index contributed by atoms with van der Waals surface area (Å²) in [6, 6.07) is 0. The van der Waals surface area contributed by atoms with Crippen LogP contribution >= 0.6 is 22.6 Å². The summed E-state index contributed by atoms with van der Waals surface area (Å²) in [5.41, 5.74) is -0.284. The van der Waals surface area contributed by atoms with Crippen LogP contribution in [0.3, 0.4) is 0 Å². The molecule has 2 aliphatic rings. The summed E-state index contributed by atoms with van der Waals surface area (Å²) in [4.78, 5) is 12.0. The molecule has 100 valence electrons. The molecule has 2 atom stereocenters. The van der Waals surface area contributed by atoms with Gasteiger partial charge < -0.3 is 0 Å². The number of alkyl halides is 2. The zero-order valence-electron chi connectivity index (χ0n) is 10.3. The normalized spacial score (nSPS) is 28.1. The van der Waals surface area contributed by atoms with Crippen molar-refractivity contribution in [2.75, 3.05) is 0 Å². The van der Waals surface area contributed by atoms with E-state index in [4.69, 9.17) is 4.74 Å². The van der Waals surface area contributed by atoms with Gasteiger partial charge in [0.15, 0.2) is 0 Å². The van der Waals surface area contributed by atoms with E-state index in [0.717, 1.165) is 0 Å². The molecule has 0 aromatic heterocycles. The molecule has 1 saturated carbocycles. The van der Waals surface area contributed by atoms with Crippen molar-refractivity contribution in [3.63, 3.8) is 0 Å². The fourth-order valence-electron chi connectivity index (χ4n) is 2.46. The number of ether oxygens (including phenoxy) is 1. The summed E-state index contributed by atoms with van der Waals surface area (Å²) in [6.07, 6.45) is 6.33. The summed E-state index contributed by atoms with van der Waals surface area (Å²) in [6.45, 7) is 4.17. The molecule has 3 nitrogen and oxygen atoms in total. The van der Waals surface area contributed by atoms with Crippen molar-refractivity contribution in [1.82, 2.24) is 3.53 Å². The molecule has 2 unspecified atom stereocenters. The number of rotatable bonds is 4. The zero-order chi connectivity index (χ0) is 12.5. The van der Waals surface area contributed by atoms with Gasteiger partial charge >= 0.3 is 129 Å². The molecule has 17 heavy (non-hydrogen) atoms. The van der Waals surface area contributed by atoms with Crippen LogP contribution in [0.4, 0.5) is 0 Å². The number of halogens is 2. The average molecular weight is 464 g/mol. The second-order valence-corrected chi connectivity index (χ2v) is 9.31. The van der Waals surface area contributed by atoms with E-state index in [9.17, 15) is 4.79 Å². The first-order valence-electron chi connectivity index (χ1n) is 6.25. The minimum absolute atomic E-state index is 0.0169. The SMILES string of the molecule is CC(C)(OC(=O)C(I)C1N[I-]1)C1CCCCC1. The minimum atomic E-state index is -0.284. The molecule has 5 heteroatoms. The van der Waals surface area contributed by atoms with Crippen molar-refractivity contribution >= 4 is 28.6 Å². The van der Waals surface area contributed by atoms with Crippen LogP contribution in [-0.4, -0.2) is 19.5 Å². The van der Waals surface area contributed by atoms with E-state index in [-0.39, 0.29) is 37.0 Å². The predicted molar refractivity (Wildman–Crippen MR) is 71.5 cm³/mol. The topological polar surface area (TPSA) is 48.2 Å². The first-order valence-corrected chi connectivity index (χ1v) is 9.82. The van der Waals surface area contributed by atoms with Crippen molar-refractivity contribution in [3.8, 4) is 0 Å². The number of nitrogens with one attached hydrogen (secondary N) is 1. The van der Waals surface area contributed by atoms with Crippen LogP contribution in [0.15, 0.2) is 0 Å². The number of hydrogen-bond acceptors (Lipinski definition) is 3. The van der Waals surface area contributed by atoms with Gasteiger partial charge in [-0.2, -0.15) is 0 Å². The third kappa shape index (κ3) is 3.92. The Bertz CT molecular complexity index is 286. The van der Waals surface area contributed by atoms with Crippen LogP contribution in [0.25, 0.3) is 0 Å². The Labute approximate surface area is 128 Å². The fourth-order valence-corrected chi connectivity index (χ4v) is 5.55. The molecule has 0 aromatic rings. The van der Waals surface area contributed by atoms with Crippen LogP contribution in [0.5, 0.6) is 0 Å². The molecule has 0 amide bonds. The Morgan fingerprint density at radius 1 is 1.41 bits per heavy atom. The number of hydrogen-bond donors (Lipinski definition) is 1. The Morgan fingerprint density at radius 3 is 2.53 bits per heavy atom. The second-order valence-electron chi connectivity index (χ2n) is 5.38. The molecule has 1 aliphatic heterocycles. The standard InChI is InChI=1S/C12H20I2NO2/c1-12(2,8-6-4-3-5-7-8)17-11(16)9(13)10-14-15-10/h8-10,15H,3-7H2,1-2H3/q-1. The molecule has 0 aromatic carbocycles. The van der Waals surface area contributed by atoms with Crippen LogP contribution in [0.2, 0.25) is 0 Å². The van der Waals surface area contributed by atoms with Crippen LogP contribution in [-0.2, 0) is 9.53 Å². The van der Waals surface area contributed by atoms with E-state index in [1.165, 1.54) is 32.1 Å².